The lowest BCUT2D eigenvalue weighted by atomic mass is 9.86. The second-order valence-corrected chi connectivity index (χ2v) is 6.75. The summed E-state index contributed by atoms with van der Waals surface area (Å²) < 4.78 is 5.24. The van der Waals surface area contributed by atoms with Crippen molar-refractivity contribution < 1.29 is 19.7 Å². The zero-order valence-electron chi connectivity index (χ0n) is 14.1. The molecule has 0 saturated heterocycles. The first-order valence-electron chi connectivity index (χ1n) is 8.52. The lowest BCUT2D eigenvalue weighted by molar-refractivity contribution is -0.131. The molecule has 0 saturated carbocycles. The maximum absolute atomic E-state index is 11.3. The Balaban J connectivity index is 1.82. The molecular weight excluding hydrogens is 328 g/mol. The van der Waals surface area contributed by atoms with Crippen molar-refractivity contribution in [2.24, 2.45) is 0 Å². The average Bonchev–Trinajstić information content (AvgIpc) is 2.93. The zero-order valence-corrected chi connectivity index (χ0v) is 14.1. The number of rotatable bonds is 1. The summed E-state index contributed by atoms with van der Waals surface area (Å²) in [6, 6.07) is 13.6. The van der Waals surface area contributed by atoms with E-state index in [9.17, 15) is 15.0 Å². The molecule has 0 aromatic heterocycles. The molecule has 5 rings (SSSR count). The number of hydrogen-bond acceptors (Lipinski definition) is 4. The molecule has 4 nitrogen and oxygen atoms in total. The van der Waals surface area contributed by atoms with E-state index in [1.807, 2.05) is 36.4 Å². The van der Waals surface area contributed by atoms with E-state index in [4.69, 9.17) is 4.74 Å². The van der Waals surface area contributed by atoms with Gasteiger partial charge in [-0.2, -0.15) is 0 Å². The molecule has 0 unspecified atom stereocenters. The molecule has 0 bridgehead atoms. The molecule has 128 valence electrons. The van der Waals surface area contributed by atoms with E-state index in [0.29, 0.717) is 5.75 Å². The summed E-state index contributed by atoms with van der Waals surface area (Å²) in [6.07, 6.45) is 1.66. The normalized spacial score (nSPS) is 19.3. The molecule has 0 spiro atoms. The van der Waals surface area contributed by atoms with Crippen LogP contribution in [0.2, 0.25) is 0 Å². The molecule has 0 amide bonds. The minimum Gasteiger partial charge on any atom is -0.427 e. The van der Waals surface area contributed by atoms with Crippen LogP contribution in [0.3, 0.4) is 0 Å². The van der Waals surface area contributed by atoms with Gasteiger partial charge in [0.2, 0.25) is 0 Å². The van der Waals surface area contributed by atoms with Gasteiger partial charge in [-0.05, 0) is 62.4 Å². The molecule has 0 aliphatic heterocycles. The highest BCUT2D eigenvalue weighted by Gasteiger charge is 2.29. The van der Waals surface area contributed by atoms with Gasteiger partial charge in [0, 0.05) is 6.92 Å². The maximum atomic E-state index is 11.3. The summed E-state index contributed by atoms with van der Waals surface area (Å²) in [6.45, 7) is 1.38. The highest BCUT2D eigenvalue weighted by Crippen LogP contribution is 2.51. The lowest BCUT2D eigenvalue weighted by Crippen LogP contribution is -2.19. The smallest absolute Gasteiger partial charge is 0.308 e. The number of aliphatic hydroxyl groups excluding tert-OH is 2. The van der Waals surface area contributed by atoms with Gasteiger partial charge in [0.25, 0.3) is 0 Å². The quantitative estimate of drug-likeness (QED) is 0.407. The van der Waals surface area contributed by atoms with Crippen molar-refractivity contribution in [2.75, 3.05) is 0 Å². The van der Waals surface area contributed by atoms with Crippen LogP contribution in [0.15, 0.2) is 48.5 Å². The van der Waals surface area contributed by atoms with Crippen LogP contribution in [-0.4, -0.2) is 22.3 Å². The molecule has 4 heteroatoms. The van der Waals surface area contributed by atoms with Crippen LogP contribution in [0.1, 0.15) is 24.2 Å². The highest BCUT2D eigenvalue weighted by atomic mass is 16.5. The second kappa shape index (κ2) is 5.27. The SMILES string of the molecule is CC(=O)Oc1ccc2c(c1)-c1cccc3c4c(cc-2c13)[C@H](O)[C@@H](O)C=C4. The molecule has 2 N–H and O–H groups in total. The van der Waals surface area contributed by atoms with Crippen LogP contribution in [0.4, 0.5) is 0 Å². The van der Waals surface area contributed by atoms with E-state index < -0.39 is 12.2 Å². The van der Waals surface area contributed by atoms with Crippen molar-refractivity contribution in [3.63, 3.8) is 0 Å². The third kappa shape index (κ3) is 2.00. The van der Waals surface area contributed by atoms with Gasteiger partial charge in [0.05, 0.1) is 0 Å². The fourth-order valence-corrected chi connectivity index (χ4v) is 4.09. The monoisotopic (exact) mass is 344 g/mol. The van der Waals surface area contributed by atoms with E-state index in [2.05, 4.69) is 6.07 Å². The Hall–Kier alpha value is -2.95. The number of carbonyl (C=O) groups excluding carboxylic acids is 1. The van der Waals surface area contributed by atoms with Crippen molar-refractivity contribution in [2.45, 2.75) is 19.1 Å². The molecule has 0 heterocycles. The van der Waals surface area contributed by atoms with Gasteiger partial charge >= 0.3 is 5.97 Å². The first kappa shape index (κ1) is 15.3. The highest BCUT2D eigenvalue weighted by molar-refractivity contribution is 6.17. The van der Waals surface area contributed by atoms with Crippen molar-refractivity contribution in [3.05, 3.63) is 59.7 Å². The number of fused-ring (bicyclic) bond motifs is 5. The van der Waals surface area contributed by atoms with Gasteiger partial charge < -0.3 is 14.9 Å². The Kier molecular flexibility index (Phi) is 3.11. The first-order valence-corrected chi connectivity index (χ1v) is 8.52. The van der Waals surface area contributed by atoms with Gasteiger partial charge in [0.1, 0.15) is 18.0 Å². The molecular formula is C22H16O4. The van der Waals surface area contributed by atoms with Crippen molar-refractivity contribution >= 4 is 22.8 Å². The Morgan fingerprint density at radius 2 is 1.85 bits per heavy atom. The zero-order chi connectivity index (χ0) is 18.0. The molecule has 2 aliphatic rings. The van der Waals surface area contributed by atoms with Gasteiger partial charge in [-0.3, -0.25) is 4.79 Å². The van der Waals surface area contributed by atoms with Gasteiger partial charge in [0.15, 0.2) is 0 Å². The third-order valence-corrected chi connectivity index (χ3v) is 5.17. The predicted octanol–water partition coefficient (Wildman–Crippen LogP) is 3.83. The molecule has 3 aromatic rings. The second-order valence-electron chi connectivity index (χ2n) is 6.75. The summed E-state index contributed by atoms with van der Waals surface area (Å²) >= 11 is 0. The van der Waals surface area contributed by atoms with E-state index >= 15 is 0 Å². The summed E-state index contributed by atoms with van der Waals surface area (Å²) in [7, 11) is 0. The average molecular weight is 344 g/mol. The van der Waals surface area contributed by atoms with E-state index in [1.54, 1.807) is 12.1 Å². The summed E-state index contributed by atoms with van der Waals surface area (Å²) in [5.74, 6) is 0.164. The molecule has 26 heavy (non-hydrogen) atoms. The summed E-state index contributed by atoms with van der Waals surface area (Å²) in [5.41, 5.74) is 5.82. The first-order chi connectivity index (χ1) is 12.5. The van der Waals surface area contributed by atoms with Crippen LogP contribution >= 0.6 is 0 Å². The van der Waals surface area contributed by atoms with Crippen LogP contribution in [0.25, 0.3) is 39.1 Å². The van der Waals surface area contributed by atoms with Crippen LogP contribution in [0.5, 0.6) is 5.75 Å². The van der Waals surface area contributed by atoms with Crippen molar-refractivity contribution in [3.8, 4) is 28.0 Å². The molecule has 2 atom stereocenters. The Morgan fingerprint density at radius 1 is 1.00 bits per heavy atom. The number of ether oxygens (including phenoxy) is 1. The number of benzene rings is 3. The van der Waals surface area contributed by atoms with Crippen molar-refractivity contribution in [1.82, 2.24) is 0 Å². The Bertz CT molecular complexity index is 1130. The van der Waals surface area contributed by atoms with E-state index in [1.165, 1.54) is 6.92 Å². The topological polar surface area (TPSA) is 66.8 Å². The Labute approximate surface area is 150 Å². The van der Waals surface area contributed by atoms with Gasteiger partial charge in [-0.25, -0.2) is 0 Å². The van der Waals surface area contributed by atoms with E-state index in [0.717, 1.165) is 44.2 Å². The van der Waals surface area contributed by atoms with Gasteiger partial charge in [-0.1, -0.05) is 36.4 Å². The van der Waals surface area contributed by atoms with Crippen LogP contribution in [0, 0.1) is 0 Å². The van der Waals surface area contributed by atoms with E-state index in [-0.39, 0.29) is 5.97 Å². The maximum Gasteiger partial charge on any atom is 0.308 e. The standard InChI is InChI=1S/C22H16O4/c1-11(23)26-12-5-6-14-17(9-12)16-4-2-3-15-13-7-8-20(24)22(25)19(13)10-18(14)21(15)16/h2-10,20,22,24-25H,1H3/t20-,22-/m0/s1. The summed E-state index contributed by atoms with van der Waals surface area (Å²) in [4.78, 5) is 11.3. The molecule has 0 fully saturated rings. The van der Waals surface area contributed by atoms with Crippen molar-refractivity contribution in [1.29, 1.82) is 0 Å². The summed E-state index contributed by atoms with van der Waals surface area (Å²) in [5, 5.41) is 22.6. The molecule has 2 aliphatic carbocycles. The number of esters is 1. The van der Waals surface area contributed by atoms with Crippen LogP contribution < -0.4 is 4.74 Å². The minimum atomic E-state index is -0.941. The van der Waals surface area contributed by atoms with Gasteiger partial charge in [-0.15, -0.1) is 0 Å². The number of carbonyl (C=O) groups is 1. The number of aliphatic hydroxyl groups is 2. The van der Waals surface area contributed by atoms with Crippen LogP contribution in [-0.2, 0) is 4.79 Å². The fourth-order valence-electron chi connectivity index (χ4n) is 4.09. The fraction of sp³-hybridized carbons (Fsp3) is 0.136. The lowest BCUT2D eigenvalue weighted by Gasteiger charge is -2.24. The number of hydrogen-bond donors (Lipinski definition) is 2. The Morgan fingerprint density at radius 3 is 2.65 bits per heavy atom. The molecule has 0 radical (unpaired) electrons. The minimum absolute atomic E-state index is 0.351. The largest absolute Gasteiger partial charge is 0.427 e. The molecule has 3 aromatic carbocycles. The third-order valence-electron chi connectivity index (χ3n) is 5.17. The predicted molar refractivity (Wildman–Crippen MR) is 99.7 cm³/mol.